The molecule has 2 aromatic heterocycles. The van der Waals surface area contributed by atoms with Gasteiger partial charge in [0.15, 0.2) is 0 Å². The second-order valence-electron chi connectivity index (χ2n) is 8.44. The van der Waals surface area contributed by atoms with Gasteiger partial charge in [-0.05, 0) is 49.3 Å². The van der Waals surface area contributed by atoms with Crippen LogP contribution in [0.15, 0.2) is 17.1 Å². The van der Waals surface area contributed by atoms with Crippen molar-refractivity contribution < 1.29 is 9.59 Å². The quantitative estimate of drug-likeness (QED) is 0.606. The summed E-state index contributed by atoms with van der Waals surface area (Å²) in [6.45, 7) is 3.70. The minimum absolute atomic E-state index is 0.115. The van der Waals surface area contributed by atoms with Gasteiger partial charge in [0.2, 0.25) is 5.91 Å². The summed E-state index contributed by atoms with van der Waals surface area (Å²) in [7, 11) is 0. The fourth-order valence-corrected chi connectivity index (χ4v) is 5.05. The molecule has 4 heterocycles. The molecule has 8 nitrogen and oxygen atoms in total. The van der Waals surface area contributed by atoms with E-state index in [4.69, 9.17) is 0 Å². The van der Waals surface area contributed by atoms with E-state index in [1.165, 1.54) is 0 Å². The monoisotopic (exact) mass is 407 g/mol. The molecule has 1 spiro atoms. The smallest absolute Gasteiger partial charge is 0.277 e. The number of pyridine rings is 2. The highest BCUT2D eigenvalue weighted by molar-refractivity contribution is 5.98. The van der Waals surface area contributed by atoms with Crippen LogP contribution in [-0.4, -0.2) is 21.4 Å². The second kappa shape index (κ2) is 6.68. The van der Waals surface area contributed by atoms with Crippen molar-refractivity contribution >= 4 is 29.0 Å². The molecule has 0 aromatic carbocycles. The molecule has 2 aliphatic heterocycles. The molecule has 3 N–H and O–H groups in total. The molecule has 2 aromatic rings. The molecule has 0 radical (unpaired) electrons. The summed E-state index contributed by atoms with van der Waals surface area (Å²) in [5, 5.41) is 9.18. The van der Waals surface area contributed by atoms with Crippen LogP contribution in [0.1, 0.15) is 72.6 Å². The largest absolute Gasteiger partial charge is 0.350 e. The number of hydrogen-bond acceptors (Lipinski definition) is 5. The lowest BCUT2D eigenvalue weighted by Crippen LogP contribution is -2.49. The van der Waals surface area contributed by atoms with Crippen LogP contribution in [0.4, 0.5) is 17.2 Å². The predicted molar refractivity (Wildman–Crippen MR) is 113 cm³/mol. The van der Waals surface area contributed by atoms with Crippen molar-refractivity contribution in [2.45, 2.75) is 64.5 Å². The number of hydrogen-bond donors (Lipinski definition) is 3. The SMILES string of the molecule is CCC(=O)Nc1cc2c(cn1)Cc1c(C)c3n(c(=O)c1N2)C1(CCCCC1)NC3=O. The summed E-state index contributed by atoms with van der Waals surface area (Å²) < 4.78 is 1.71. The van der Waals surface area contributed by atoms with E-state index in [-0.39, 0.29) is 17.4 Å². The zero-order valence-corrected chi connectivity index (χ0v) is 17.2. The average molecular weight is 407 g/mol. The third-order valence-electron chi connectivity index (χ3n) is 6.62. The van der Waals surface area contributed by atoms with E-state index in [2.05, 4.69) is 20.9 Å². The van der Waals surface area contributed by atoms with E-state index >= 15 is 0 Å². The summed E-state index contributed by atoms with van der Waals surface area (Å²) in [6, 6.07) is 1.76. The van der Waals surface area contributed by atoms with E-state index in [9.17, 15) is 14.4 Å². The predicted octanol–water partition coefficient (Wildman–Crippen LogP) is 2.91. The standard InChI is InChI=1S/C22H25N5O3/c1-3-17(28)25-16-10-15-13(11-23-16)9-14-12(2)19-20(29)26-22(7-5-4-6-8-22)27(19)21(30)18(14)24-15/h10-11,24H,3-9H2,1-2H3,(H,26,29)(H,23,25,28). The number of anilines is 3. The molecular weight excluding hydrogens is 382 g/mol. The highest BCUT2D eigenvalue weighted by Gasteiger charge is 2.46. The van der Waals surface area contributed by atoms with Gasteiger partial charge < -0.3 is 16.0 Å². The Hall–Kier alpha value is -3.16. The lowest BCUT2D eigenvalue weighted by atomic mass is 9.88. The van der Waals surface area contributed by atoms with Crippen LogP contribution in [0.5, 0.6) is 0 Å². The van der Waals surface area contributed by atoms with E-state index in [1.54, 1.807) is 23.8 Å². The number of fused-ring (bicyclic) bond motifs is 4. The van der Waals surface area contributed by atoms with Gasteiger partial charge in [0, 0.05) is 30.8 Å². The molecule has 30 heavy (non-hydrogen) atoms. The van der Waals surface area contributed by atoms with Crippen LogP contribution in [0.3, 0.4) is 0 Å². The van der Waals surface area contributed by atoms with Crippen molar-refractivity contribution in [3.05, 3.63) is 45.0 Å². The fraction of sp³-hybridized carbons (Fsp3) is 0.455. The topological polar surface area (TPSA) is 105 Å². The average Bonchev–Trinajstić information content (AvgIpc) is 3.02. The number of carbonyl (C=O) groups excluding carboxylic acids is 2. The van der Waals surface area contributed by atoms with Crippen LogP contribution >= 0.6 is 0 Å². The first-order chi connectivity index (χ1) is 14.4. The van der Waals surface area contributed by atoms with Gasteiger partial charge in [0.05, 0.1) is 0 Å². The molecule has 8 heteroatoms. The minimum atomic E-state index is -0.609. The summed E-state index contributed by atoms with van der Waals surface area (Å²) in [5.41, 5.74) is 3.61. The highest BCUT2D eigenvalue weighted by atomic mass is 16.2. The maximum atomic E-state index is 13.6. The van der Waals surface area contributed by atoms with Crippen LogP contribution in [0.2, 0.25) is 0 Å². The summed E-state index contributed by atoms with van der Waals surface area (Å²) >= 11 is 0. The van der Waals surface area contributed by atoms with Crippen molar-refractivity contribution in [1.82, 2.24) is 14.9 Å². The van der Waals surface area contributed by atoms with Crippen molar-refractivity contribution in [2.24, 2.45) is 0 Å². The maximum absolute atomic E-state index is 13.6. The number of nitrogens with one attached hydrogen (secondary N) is 3. The summed E-state index contributed by atoms with van der Waals surface area (Å²) in [4.78, 5) is 42.5. The third kappa shape index (κ3) is 2.66. The van der Waals surface area contributed by atoms with E-state index < -0.39 is 5.66 Å². The van der Waals surface area contributed by atoms with Crippen LogP contribution < -0.4 is 21.5 Å². The molecule has 156 valence electrons. The van der Waals surface area contributed by atoms with Gasteiger partial charge in [0.25, 0.3) is 11.5 Å². The summed E-state index contributed by atoms with van der Waals surface area (Å²) in [5.74, 6) is 0.183. The fourth-order valence-electron chi connectivity index (χ4n) is 5.05. The first-order valence-corrected chi connectivity index (χ1v) is 10.6. The van der Waals surface area contributed by atoms with E-state index in [1.807, 2.05) is 6.92 Å². The number of carbonyl (C=O) groups is 2. The van der Waals surface area contributed by atoms with Crippen molar-refractivity contribution in [1.29, 1.82) is 0 Å². The van der Waals surface area contributed by atoms with Crippen molar-refractivity contribution in [3.8, 4) is 0 Å². The Labute approximate surface area is 174 Å². The third-order valence-corrected chi connectivity index (χ3v) is 6.62. The number of aromatic nitrogens is 2. The molecule has 2 amide bonds. The van der Waals surface area contributed by atoms with Gasteiger partial charge >= 0.3 is 0 Å². The van der Waals surface area contributed by atoms with Gasteiger partial charge in [-0.2, -0.15) is 0 Å². The lowest BCUT2D eigenvalue weighted by Gasteiger charge is -2.36. The Morgan fingerprint density at radius 2 is 2.03 bits per heavy atom. The molecule has 1 fully saturated rings. The number of rotatable bonds is 2. The molecule has 0 unspecified atom stereocenters. The molecule has 0 saturated heterocycles. The van der Waals surface area contributed by atoms with Gasteiger partial charge in [-0.15, -0.1) is 0 Å². The Kier molecular flexibility index (Phi) is 4.20. The lowest BCUT2D eigenvalue weighted by molar-refractivity contribution is -0.115. The Morgan fingerprint density at radius 3 is 2.77 bits per heavy atom. The molecule has 0 bridgehead atoms. The minimum Gasteiger partial charge on any atom is -0.350 e. The number of nitrogens with zero attached hydrogens (tertiary/aromatic N) is 2. The van der Waals surface area contributed by atoms with Gasteiger partial charge in [-0.3, -0.25) is 19.0 Å². The molecule has 3 aliphatic rings. The second-order valence-corrected chi connectivity index (χ2v) is 8.44. The van der Waals surface area contributed by atoms with E-state index in [0.29, 0.717) is 30.0 Å². The van der Waals surface area contributed by atoms with Crippen LogP contribution in [-0.2, 0) is 16.9 Å². The Bertz CT molecular complexity index is 1140. The van der Waals surface area contributed by atoms with Gasteiger partial charge in [-0.1, -0.05) is 13.3 Å². The molecular formula is C22H25N5O3. The van der Waals surface area contributed by atoms with Crippen molar-refractivity contribution in [3.63, 3.8) is 0 Å². The first kappa shape index (κ1) is 18.8. The van der Waals surface area contributed by atoms with Gasteiger partial charge in [0.1, 0.15) is 22.9 Å². The molecule has 5 rings (SSSR count). The molecule has 1 aliphatic carbocycles. The van der Waals surface area contributed by atoms with E-state index in [0.717, 1.165) is 54.5 Å². The normalized spacial score (nSPS) is 18.1. The van der Waals surface area contributed by atoms with Gasteiger partial charge in [-0.25, -0.2) is 4.98 Å². The van der Waals surface area contributed by atoms with Crippen molar-refractivity contribution in [2.75, 3.05) is 10.6 Å². The molecule has 0 atom stereocenters. The maximum Gasteiger partial charge on any atom is 0.277 e. The number of amides is 2. The first-order valence-electron chi connectivity index (χ1n) is 10.6. The zero-order chi connectivity index (χ0) is 21.0. The highest BCUT2D eigenvalue weighted by Crippen LogP contribution is 2.41. The summed E-state index contributed by atoms with van der Waals surface area (Å²) in [6.07, 6.45) is 7.25. The zero-order valence-electron chi connectivity index (χ0n) is 17.2. The molecule has 1 saturated carbocycles. The Balaban J connectivity index is 1.62. The van der Waals surface area contributed by atoms with Crippen LogP contribution in [0.25, 0.3) is 0 Å². The Morgan fingerprint density at radius 1 is 1.27 bits per heavy atom. The van der Waals surface area contributed by atoms with Crippen LogP contribution in [0, 0.1) is 6.92 Å².